The van der Waals surface area contributed by atoms with Gasteiger partial charge in [-0.05, 0) is 49.0 Å². The monoisotopic (exact) mass is 375 g/mol. The van der Waals surface area contributed by atoms with Gasteiger partial charge in [0.15, 0.2) is 5.11 Å². The average molecular weight is 375 g/mol. The van der Waals surface area contributed by atoms with E-state index in [0.717, 1.165) is 12.5 Å². The molecule has 3 N–H and O–H groups in total. The molecule has 0 atom stereocenters. The van der Waals surface area contributed by atoms with E-state index >= 15 is 0 Å². The number of carbonyl (C=O) groups is 1. The number of thiocarbonyl (C=S) groups is 1. The molecule has 0 aromatic heterocycles. The molecule has 0 unspecified atom stereocenters. The maximum absolute atomic E-state index is 12.2. The molecule has 2 aromatic rings. The number of anilines is 1. The molecule has 0 radical (unpaired) electrons. The molecule has 1 amide bonds. The molecule has 136 valence electrons. The molecule has 0 heterocycles. The van der Waals surface area contributed by atoms with E-state index in [9.17, 15) is 20.0 Å². The highest BCUT2D eigenvalue weighted by Gasteiger charge is 2.13. The molecular formula is C17H17N3O5S. The quantitative estimate of drug-likeness (QED) is 0.307. The Morgan fingerprint density at radius 2 is 1.96 bits per heavy atom. The van der Waals surface area contributed by atoms with Crippen molar-refractivity contribution >= 4 is 34.6 Å². The van der Waals surface area contributed by atoms with Crippen LogP contribution in [0, 0.1) is 10.1 Å². The molecule has 0 bridgehead atoms. The van der Waals surface area contributed by atoms with Crippen molar-refractivity contribution in [2.24, 2.45) is 0 Å². The van der Waals surface area contributed by atoms with E-state index in [-0.39, 0.29) is 22.2 Å². The Kier molecular flexibility index (Phi) is 6.45. The van der Waals surface area contributed by atoms with Crippen molar-refractivity contribution in [1.82, 2.24) is 5.32 Å². The van der Waals surface area contributed by atoms with Crippen molar-refractivity contribution in [3.05, 3.63) is 58.1 Å². The maximum Gasteiger partial charge on any atom is 0.273 e. The number of nitro groups is 1. The fraction of sp³-hybridized carbons (Fsp3) is 0.176. The molecular weight excluding hydrogens is 358 g/mol. The number of nitro benzene ring substituents is 1. The van der Waals surface area contributed by atoms with Crippen LogP contribution in [0.25, 0.3) is 0 Å². The number of amides is 1. The highest BCUT2D eigenvalue weighted by molar-refractivity contribution is 7.80. The van der Waals surface area contributed by atoms with Crippen LogP contribution in [-0.2, 0) is 0 Å². The summed E-state index contributed by atoms with van der Waals surface area (Å²) in [5.74, 6) is -0.126. The largest absolute Gasteiger partial charge is 0.506 e. The second-order valence-electron chi connectivity index (χ2n) is 5.24. The first kappa shape index (κ1) is 19.1. The summed E-state index contributed by atoms with van der Waals surface area (Å²) in [5, 5.41) is 25.5. The molecule has 8 nitrogen and oxygen atoms in total. The van der Waals surface area contributed by atoms with Crippen LogP contribution in [0.3, 0.4) is 0 Å². The van der Waals surface area contributed by atoms with Crippen LogP contribution in [0.1, 0.15) is 23.7 Å². The number of aromatic hydroxyl groups is 1. The van der Waals surface area contributed by atoms with Crippen molar-refractivity contribution in [2.45, 2.75) is 13.3 Å². The summed E-state index contributed by atoms with van der Waals surface area (Å²) >= 11 is 5.03. The summed E-state index contributed by atoms with van der Waals surface area (Å²) < 4.78 is 5.44. The Morgan fingerprint density at radius 1 is 1.27 bits per heavy atom. The van der Waals surface area contributed by atoms with Crippen molar-refractivity contribution in [1.29, 1.82) is 0 Å². The Bertz CT molecular complexity index is 824. The van der Waals surface area contributed by atoms with E-state index in [4.69, 9.17) is 17.0 Å². The molecule has 0 spiro atoms. The molecule has 2 rings (SSSR count). The van der Waals surface area contributed by atoms with E-state index in [1.807, 2.05) is 6.92 Å². The Balaban J connectivity index is 1.96. The fourth-order valence-corrected chi connectivity index (χ4v) is 2.19. The van der Waals surface area contributed by atoms with E-state index < -0.39 is 10.8 Å². The van der Waals surface area contributed by atoms with Crippen LogP contribution >= 0.6 is 12.2 Å². The zero-order valence-corrected chi connectivity index (χ0v) is 14.7. The van der Waals surface area contributed by atoms with E-state index in [1.54, 1.807) is 24.3 Å². The number of non-ortho nitro benzene ring substituents is 1. The standard InChI is InChI=1S/C17H17N3O5S/c1-2-9-25-13-6-3-11(4-7-13)16(22)19-17(26)18-14-8-5-12(20(23)24)10-15(14)21/h3-8,10,21H,2,9H2,1H3,(H2,18,19,22,26). The lowest BCUT2D eigenvalue weighted by atomic mass is 10.2. The number of phenolic OH excluding ortho intramolecular Hbond substituents is 1. The SMILES string of the molecule is CCCOc1ccc(C(=O)NC(=S)Nc2ccc([N+](=O)[O-])cc2O)cc1. The number of rotatable bonds is 6. The van der Waals surface area contributed by atoms with Crippen LogP contribution in [0.15, 0.2) is 42.5 Å². The van der Waals surface area contributed by atoms with Crippen LogP contribution in [0.5, 0.6) is 11.5 Å². The summed E-state index contributed by atoms with van der Waals surface area (Å²) in [7, 11) is 0. The van der Waals surface area contributed by atoms with Crippen molar-refractivity contribution in [3.8, 4) is 11.5 Å². The third kappa shape index (κ3) is 5.15. The number of phenols is 1. The minimum absolute atomic E-state index is 0.0505. The number of ether oxygens (including phenoxy) is 1. The Labute approximate surface area is 154 Å². The second-order valence-corrected chi connectivity index (χ2v) is 5.65. The molecule has 0 aliphatic carbocycles. The number of benzene rings is 2. The molecule has 0 fully saturated rings. The molecule has 0 aliphatic rings. The van der Waals surface area contributed by atoms with Crippen molar-refractivity contribution < 1.29 is 19.6 Å². The van der Waals surface area contributed by atoms with Gasteiger partial charge in [-0.15, -0.1) is 0 Å². The van der Waals surface area contributed by atoms with Gasteiger partial charge in [0.1, 0.15) is 11.5 Å². The van der Waals surface area contributed by atoms with E-state index in [1.165, 1.54) is 12.1 Å². The van der Waals surface area contributed by atoms with Gasteiger partial charge < -0.3 is 15.2 Å². The first-order chi connectivity index (χ1) is 12.4. The van der Waals surface area contributed by atoms with E-state index in [0.29, 0.717) is 17.9 Å². The summed E-state index contributed by atoms with van der Waals surface area (Å²) in [5.41, 5.74) is 0.267. The van der Waals surface area contributed by atoms with Gasteiger partial charge in [-0.1, -0.05) is 6.92 Å². The van der Waals surface area contributed by atoms with E-state index in [2.05, 4.69) is 10.6 Å². The third-order valence-corrected chi connectivity index (χ3v) is 3.46. The summed E-state index contributed by atoms with van der Waals surface area (Å²) in [4.78, 5) is 22.2. The van der Waals surface area contributed by atoms with Crippen molar-refractivity contribution in [3.63, 3.8) is 0 Å². The van der Waals surface area contributed by atoms with Crippen LogP contribution in [0.4, 0.5) is 11.4 Å². The van der Waals surface area contributed by atoms with Gasteiger partial charge >= 0.3 is 0 Å². The lowest BCUT2D eigenvalue weighted by molar-refractivity contribution is -0.384. The zero-order chi connectivity index (χ0) is 19.1. The predicted molar refractivity (Wildman–Crippen MR) is 101 cm³/mol. The van der Waals surface area contributed by atoms with Gasteiger partial charge in [0.2, 0.25) is 0 Å². The minimum Gasteiger partial charge on any atom is -0.506 e. The highest BCUT2D eigenvalue weighted by Crippen LogP contribution is 2.27. The molecule has 0 saturated carbocycles. The molecule has 26 heavy (non-hydrogen) atoms. The predicted octanol–water partition coefficient (Wildman–Crippen LogP) is 3.22. The molecule has 9 heteroatoms. The zero-order valence-electron chi connectivity index (χ0n) is 13.9. The average Bonchev–Trinajstić information content (AvgIpc) is 2.61. The summed E-state index contributed by atoms with van der Waals surface area (Å²) in [6.45, 7) is 2.59. The summed E-state index contributed by atoms with van der Waals surface area (Å²) in [6.07, 6.45) is 0.887. The molecule has 0 saturated heterocycles. The lowest BCUT2D eigenvalue weighted by Gasteiger charge is -2.11. The van der Waals surface area contributed by atoms with Gasteiger partial charge in [-0.25, -0.2) is 0 Å². The maximum atomic E-state index is 12.2. The normalized spacial score (nSPS) is 10.0. The Morgan fingerprint density at radius 3 is 2.54 bits per heavy atom. The smallest absolute Gasteiger partial charge is 0.273 e. The number of nitrogens with zero attached hydrogens (tertiary/aromatic N) is 1. The minimum atomic E-state index is -0.627. The first-order valence-electron chi connectivity index (χ1n) is 7.73. The molecule has 2 aromatic carbocycles. The number of carbonyl (C=O) groups excluding carboxylic acids is 1. The van der Waals surface area contributed by atoms with Gasteiger partial charge in [0.05, 0.1) is 23.3 Å². The van der Waals surface area contributed by atoms with Gasteiger partial charge in [0.25, 0.3) is 11.6 Å². The third-order valence-electron chi connectivity index (χ3n) is 3.26. The number of hydrogen-bond donors (Lipinski definition) is 3. The van der Waals surface area contributed by atoms with Gasteiger partial charge in [0, 0.05) is 11.6 Å². The Hall–Kier alpha value is -3.20. The fourth-order valence-electron chi connectivity index (χ4n) is 1.99. The second kappa shape index (κ2) is 8.77. The van der Waals surface area contributed by atoms with Gasteiger partial charge in [-0.2, -0.15) is 0 Å². The first-order valence-corrected chi connectivity index (χ1v) is 8.14. The number of nitrogens with one attached hydrogen (secondary N) is 2. The molecule has 0 aliphatic heterocycles. The van der Waals surface area contributed by atoms with Crippen LogP contribution in [0.2, 0.25) is 0 Å². The van der Waals surface area contributed by atoms with Crippen LogP contribution < -0.4 is 15.4 Å². The van der Waals surface area contributed by atoms with Gasteiger partial charge in [-0.3, -0.25) is 20.2 Å². The number of hydrogen-bond acceptors (Lipinski definition) is 6. The lowest BCUT2D eigenvalue weighted by Crippen LogP contribution is -2.34. The highest BCUT2D eigenvalue weighted by atomic mass is 32.1. The summed E-state index contributed by atoms with van der Waals surface area (Å²) in [6, 6.07) is 10.1. The topological polar surface area (TPSA) is 114 Å². The van der Waals surface area contributed by atoms with Crippen molar-refractivity contribution in [2.75, 3.05) is 11.9 Å². The van der Waals surface area contributed by atoms with Crippen LogP contribution in [-0.4, -0.2) is 27.7 Å².